The quantitative estimate of drug-likeness (QED) is 0.852. The number of benzene rings is 1. The molecule has 130 valence electrons. The van der Waals surface area contributed by atoms with Crippen molar-refractivity contribution in [3.8, 4) is 0 Å². The molecule has 1 atom stereocenters. The first-order valence-electron chi connectivity index (χ1n) is 7.85. The highest BCUT2D eigenvalue weighted by molar-refractivity contribution is 8.14. The molecule has 1 aromatic heterocycles. The number of imide groups is 1. The second kappa shape index (κ2) is 7.52. The van der Waals surface area contributed by atoms with Crippen molar-refractivity contribution in [2.24, 2.45) is 0 Å². The molecule has 2 aromatic rings. The fraction of sp³-hybridized carbons (Fsp3) is 0.294. The van der Waals surface area contributed by atoms with Crippen LogP contribution in [-0.2, 0) is 17.9 Å². The molecule has 0 saturated carbocycles. The van der Waals surface area contributed by atoms with Crippen LogP contribution in [0, 0.1) is 0 Å². The van der Waals surface area contributed by atoms with E-state index in [0.29, 0.717) is 12.1 Å². The Balaban J connectivity index is 1.63. The molecule has 7 nitrogen and oxygen atoms in total. The number of hydrogen-bond donors (Lipinski definition) is 1. The standard InChI is InChI=1S/C17H18N4O3S/c1-12(8-20-6-5-18-11-20)19-16(23)14-4-2-3-13(7-14)9-21-15(22)10-25-17(21)24/h2-7,11-12H,8-10H2,1H3,(H,19,23). The Morgan fingerprint density at radius 1 is 1.40 bits per heavy atom. The summed E-state index contributed by atoms with van der Waals surface area (Å²) in [5.41, 5.74) is 1.25. The van der Waals surface area contributed by atoms with Crippen molar-refractivity contribution in [3.05, 3.63) is 54.1 Å². The molecule has 1 fully saturated rings. The van der Waals surface area contributed by atoms with Gasteiger partial charge in [-0.1, -0.05) is 23.9 Å². The molecule has 0 bridgehead atoms. The number of carbonyl (C=O) groups is 3. The van der Waals surface area contributed by atoms with Crippen LogP contribution >= 0.6 is 11.8 Å². The predicted molar refractivity (Wildman–Crippen MR) is 94.0 cm³/mol. The second-order valence-electron chi connectivity index (χ2n) is 5.87. The van der Waals surface area contributed by atoms with Gasteiger partial charge in [-0.05, 0) is 24.6 Å². The molecular weight excluding hydrogens is 340 g/mol. The zero-order chi connectivity index (χ0) is 17.8. The third-order valence-corrected chi connectivity index (χ3v) is 4.65. The van der Waals surface area contributed by atoms with Crippen molar-refractivity contribution in [1.82, 2.24) is 19.8 Å². The van der Waals surface area contributed by atoms with Gasteiger partial charge in [-0.25, -0.2) is 4.98 Å². The predicted octanol–water partition coefficient (Wildman–Crippen LogP) is 1.90. The van der Waals surface area contributed by atoms with Crippen LogP contribution in [0.2, 0.25) is 0 Å². The highest BCUT2D eigenvalue weighted by Crippen LogP contribution is 2.21. The van der Waals surface area contributed by atoms with Crippen molar-refractivity contribution < 1.29 is 14.4 Å². The lowest BCUT2D eigenvalue weighted by molar-refractivity contribution is -0.125. The number of rotatable bonds is 6. The molecule has 3 rings (SSSR count). The van der Waals surface area contributed by atoms with Gasteiger partial charge in [-0.15, -0.1) is 0 Å². The Bertz CT molecular complexity index is 775. The van der Waals surface area contributed by atoms with E-state index in [4.69, 9.17) is 0 Å². The van der Waals surface area contributed by atoms with Crippen LogP contribution < -0.4 is 5.32 Å². The zero-order valence-corrected chi connectivity index (χ0v) is 14.5. The van der Waals surface area contributed by atoms with E-state index in [9.17, 15) is 14.4 Å². The molecule has 0 aliphatic carbocycles. The molecule has 0 radical (unpaired) electrons. The summed E-state index contributed by atoms with van der Waals surface area (Å²) in [4.78, 5) is 41.0. The van der Waals surface area contributed by atoms with E-state index < -0.39 is 0 Å². The third-order valence-electron chi connectivity index (χ3n) is 3.79. The van der Waals surface area contributed by atoms with Crippen molar-refractivity contribution >= 4 is 28.8 Å². The molecule has 0 spiro atoms. The Morgan fingerprint density at radius 2 is 2.24 bits per heavy atom. The van der Waals surface area contributed by atoms with Gasteiger partial charge in [0.1, 0.15) is 0 Å². The Morgan fingerprint density at radius 3 is 2.92 bits per heavy atom. The lowest BCUT2D eigenvalue weighted by Crippen LogP contribution is -2.35. The number of amides is 3. The molecule has 1 N–H and O–H groups in total. The summed E-state index contributed by atoms with van der Waals surface area (Å²) in [5, 5.41) is 2.69. The van der Waals surface area contributed by atoms with Crippen LogP contribution in [0.3, 0.4) is 0 Å². The van der Waals surface area contributed by atoms with Gasteiger partial charge < -0.3 is 9.88 Å². The smallest absolute Gasteiger partial charge is 0.289 e. The average molecular weight is 358 g/mol. The molecule has 1 saturated heterocycles. The molecular formula is C17H18N4O3S. The summed E-state index contributed by atoms with van der Waals surface area (Å²) in [6, 6.07) is 6.91. The van der Waals surface area contributed by atoms with Gasteiger partial charge in [-0.3, -0.25) is 19.3 Å². The first-order chi connectivity index (χ1) is 12.0. The Kier molecular flexibility index (Phi) is 5.18. The minimum Gasteiger partial charge on any atom is -0.348 e. The fourth-order valence-electron chi connectivity index (χ4n) is 2.59. The number of aromatic nitrogens is 2. The van der Waals surface area contributed by atoms with E-state index in [2.05, 4.69) is 10.3 Å². The van der Waals surface area contributed by atoms with Crippen LogP contribution in [0.4, 0.5) is 4.79 Å². The number of imidazole rings is 1. The van der Waals surface area contributed by atoms with Crippen LogP contribution in [0.5, 0.6) is 0 Å². The monoisotopic (exact) mass is 358 g/mol. The molecule has 1 aliphatic heterocycles. The second-order valence-corrected chi connectivity index (χ2v) is 6.80. The lowest BCUT2D eigenvalue weighted by atomic mass is 10.1. The van der Waals surface area contributed by atoms with Gasteiger partial charge in [-0.2, -0.15) is 0 Å². The van der Waals surface area contributed by atoms with Crippen molar-refractivity contribution in [2.75, 3.05) is 5.75 Å². The topological polar surface area (TPSA) is 84.3 Å². The van der Waals surface area contributed by atoms with E-state index >= 15 is 0 Å². The van der Waals surface area contributed by atoms with Gasteiger partial charge in [0, 0.05) is 30.5 Å². The number of thioether (sulfide) groups is 1. The summed E-state index contributed by atoms with van der Waals surface area (Å²) in [6.45, 7) is 2.73. The molecule has 1 aromatic carbocycles. The Hall–Kier alpha value is -2.61. The van der Waals surface area contributed by atoms with Crippen LogP contribution in [-0.4, -0.2) is 43.3 Å². The summed E-state index contributed by atoms with van der Waals surface area (Å²) in [7, 11) is 0. The van der Waals surface area contributed by atoms with Gasteiger partial charge in [0.25, 0.3) is 11.1 Å². The van der Waals surface area contributed by atoms with E-state index in [1.807, 2.05) is 17.7 Å². The summed E-state index contributed by atoms with van der Waals surface area (Å²) >= 11 is 1.00. The van der Waals surface area contributed by atoms with Crippen LogP contribution in [0.25, 0.3) is 0 Å². The number of nitrogens with zero attached hydrogens (tertiary/aromatic N) is 3. The van der Waals surface area contributed by atoms with Gasteiger partial charge in [0.2, 0.25) is 5.91 Å². The molecule has 8 heteroatoms. The van der Waals surface area contributed by atoms with E-state index in [1.54, 1.807) is 36.8 Å². The van der Waals surface area contributed by atoms with Crippen LogP contribution in [0.1, 0.15) is 22.8 Å². The van der Waals surface area contributed by atoms with Crippen molar-refractivity contribution in [2.45, 2.75) is 26.1 Å². The average Bonchev–Trinajstić information content (AvgIpc) is 3.20. The maximum Gasteiger partial charge on any atom is 0.289 e. The third kappa shape index (κ3) is 4.27. The van der Waals surface area contributed by atoms with E-state index in [-0.39, 0.29) is 35.4 Å². The van der Waals surface area contributed by atoms with Gasteiger partial charge in [0.15, 0.2) is 0 Å². The highest BCUT2D eigenvalue weighted by atomic mass is 32.2. The summed E-state index contributed by atoms with van der Waals surface area (Å²) in [5.74, 6) is -0.202. The number of carbonyl (C=O) groups excluding carboxylic acids is 3. The first-order valence-corrected chi connectivity index (χ1v) is 8.84. The van der Waals surface area contributed by atoms with Gasteiger partial charge in [0.05, 0.1) is 18.6 Å². The summed E-state index contributed by atoms with van der Waals surface area (Å²) in [6.07, 6.45) is 5.23. The SMILES string of the molecule is CC(Cn1ccnc1)NC(=O)c1cccc(CN2C(=O)CSC2=O)c1. The molecule has 2 heterocycles. The molecule has 1 unspecified atom stereocenters. The largest absolute Gasteiger partial charge is 0.348 e. The van der Waals surface area contributed by atoms with Crippen LogP contribution in [0.15, 0.2) is 43.0 Å². The first kappa shape index (κ1) is 17.2. The maximum atomic E-state index is 12.4. The highest BCUT2D eigenvalue weighted by Gasteiger charge is 2.29. The fourth-order valence-corrected chi connectivity index (χ4v) is 3.32. The summed E-state index contributed by atoms with van der Waals surface area (Å²) < 4.78 is 1.89. The van der Waals surface area contributed by atoms with Crippen molar-refractivity contribution in [1.29, 1.82) is 0 Å². The van der Waals surface area contributed by atoms with Crippen molar-refractivity contribution in [3.63, 3.8) is 0 Å². The molecule has 3 amide bonds. The van der Waals surface area contributed by atoms with E-state index in [1.165, 1.54) is 4.90 Å². The molecule has 1 aliphatic rings. The van der Waals surface area contributed by atoms with E-state index in [0.717, 1.165) is 17.3 Å². The lowest BCUT2D eigenvalue weighted by Gasteiger charge is -2.16. The van der Waals surface area contributed by atoms with Gasteiger partial charge >= 0.3 is 0 Å². The normalized spacial score (nSPS) is 15.5. The Labute approximate surface area is 149 Å². The minimum absolute atomic E-state index is 0.0662. The zero-order valence-electron chi connectivity index (χ0n) is 13.7. The minimum atomic E-state index is -0.242. The maximum absolute atomic E-state index is 12.4. The number of hydrogen-bond acceptors (Lipinski definition) is 5. The number of nitrogens with one attached hydrogen (secondary N) is 1. The molecule has 25 heavy (non-hydrogen) atoms.